The van der Waals surface area contributed by atoms with E-state index >= 15 is 0 Å². The van der Waals surface area contributed by atoms with Crippen molar-refractivity contribution in [1.29, 1.82) is 0 Å². The zero-order valence-electron chi connectivity index (χ0n) is 4.59. The Balaban J connectivity index is -0.0000000312. The van der Waals surface area contributed by atoms with Gasteiger partial charge >= 0.3 is 0 Å². The molecule has 0 radical (unpaired) electrons. The molecule has 1 heterocycles. The molecule has 9 heavy (non-hydrogen) atoms. The van der Waals surface area contributed by atoms with Crippen LogP contribution < -0.4 is 0 Å². The quantitative estimate of drug-likeness (QED) is 0.416. The SMILES string of the molecule is O.O.O.O.c1cscn1. The number of hydrogen-bond acceptors (Lipinski definition) is 2. The molecule has 0 aliphatic carbocycles. The third-order valence-corrected chi connectivity index (χ3v) is 0.869. The average molecular weight is 157 g/mol. The molecule has 1 aromatic heterocycles. The van der Waals surface area contributed by atoms with Gasteiger partial charge in [-0.25, -0.2) is 0 Å². The Kier molecular flexibility index (Phi) is 41.1. The van der Waals surface area contributed by atoms with Gasteiger partial charge in [-0.05, 0) is 0 Å². The predicted molar refractivity (Wildman–Crippen MR) is 36.6 cm³/mol. The first-order chi connectivity index (χ1) is 2.50. The fourth-order valence-corrected chi connectivity index (χ4v) is 0.527. The van der Waals surface area contributed by atoms with Gasteiger partial charge in [-0.2, -0.15) is 0 Å². The smallest absolute Gasteiger partial charge is 0.0791 e. The molecule has 0 spiro atoms. The zero-order chi connectivity index (χ0) is 3.54. The molecule has 0 unspecified atom stereocenters. The van der Waals surface area contributed by atoms with Crippen molar-refractivity contribution in [3.63, 3.8) is 0 Å². The fraction of sp³-hybridized carbons (Fsp3) is 0. The maximum atomic E-state index is 3.74. The van der Waals surface area contributed by atoms with Crippen molar-refractivity contribution in [1.82, 2.24) is 4.98 Å². The number of thiazole rings is 1. The van der Waals surface area contributed by atoms with Crippen LogP contribution in [0.1, 0.15) is 0 Å². The first kappa shape index (κ1) is 23.7. The highest BCUT2D eigenvalue weighted by molar-refractivity contribution is 7.07. The molecular formula is C3H11NO4S. The van der Waals surface area contributed by atoms with Gasteiger partial charge in [0.1, 0.15) is 0 Å². The Morgan fingerprint density at radius 2 is 1.56 bits per heavy atom. The Morgan fingerprint density at radius 1 is 1.00 bits per heavy atom. The molecule has 0 saturated heterocycles. The molecule has 0 saturated carbocycles. The lowest BCUT2D eigenvalue weighted by atomic mass is 11.0. The summed E-state index contributed by atoms with van der Waals surface area (Å²) in [6, 6.07) is 0. The van der Waals surface area contributed by atoms with E-state index in [4.69, 9.17) is 0 Å². The van der Waals surface area contributed by atoms with E-state index in [0.717, 1.165) is 0 Å². The van der Waals surface area contributed by atoms with E-state index < -0.39 is 0 Å². The predicted octanol–water partition coefficient (Wildman–Crippen LogP) is -2.16. The monoisotopic (exact) mass is 157 g/mol. The molecule has 58 valence electrons. The maximum absolute atomic E-state index is 3.74. The topological polar surface area (TPSA) is 139 Å². The molecule has 8 N–H and O–H groups in total. The van der Waals surface area contributed by atoms with E-state index in [0.29, 0.717) is 0 Å². The Hall–Kier alpha value is -0.530. The number of hydrogen-bond donors (Lipinski definition) is 0. The van der Waals surface area contributed by atoms with Crippen molar-refractivity contribution in [3.05, 3.63) is 17.1 Å². The van der Waals surface area contributed by atoms with Gasteiger partial charge in [-0.3, -0.25) is 4.98 Å². The number of rotatable bonds is 0. The molecule has 0 amide bonds. The van der Waals surface area contributed by atoms with Crippen LogP contribution in [0.2, 0.25) is 0 Å². The summed E-state index contributed by atoms with van der Waals surface area (Å²) in [5.74, 6) is 0. The molecular weight excluding hydrogens is 146 g/mol. The standard InChI is InChI=1S/C3H3NS.4H2O/c1-2-5-3-4-1;;;;/h1-3H;4*1H2. The molecule has 0 fully saturated rings. The van der Waals surface area contributed by atoms with Gasteiger partial charge in [-0.1, -0.05) is 0 Å². The lowest BCUT2D eigenvalue weighted by Crippen LogP contribution is -1.38. The van der Waals surface area contributed by atoms with Gasteiger partial charge in [0.05, 0.1) is 5.51 Å². The highest BCUT2D eigenvalue weighted by Crippen LogP contribution is 1.85. The minimum Gasteiger partial charge on any atom is -0.412 e. The minimum absolute atomic E-state index is 0. The summed E-state index contributed by atoms with van der Waals surface area (Å²) in [5, 5.41) is 1.93. The van der Waals surface area contributed by atoms with Crippen LogP contribution >= 0.6 is 11.3 Å². The summed E-state index contributed by atoms with van der Waals surface area (Å²) >= 11 is 1.60. The molecule has 0 aromatic carbocycles. The van der Waals surface area contributed by atoms with Crippen molar-refractivity contribution in [3.8, 4) is 0 Å². The van der Waals surface area contributed by atoms with Crippen LogP contribution in [0, 0.1) is 0 Å². The van der Waals surface area contributed by atoms with E-state index in [-0.39, 0.29) is 21.9 Å². The van der Waals surface area contributed by atoms with Crippen LogP contribution in [0.15, 0.2) is 17.1 Å². The second-order valence-electron chi connectivity index (χ2n) is 0.676. The molecule has 1 aromatic rings. The van der Waals surface area contributed by atoms with Crippen molar-refractivity contribution >= 4 is 11.3 Å². The normalized spacial score (nSPS) is 4.44. The summed E-state index contributed by atoms with van der Waals surface area (Å²) < 4.78 is 0. The van der Waals surface area contributed by atoms with Crippen molar-refractivity contribution < 1.29 is 21.9 Å². The summed E-state index contributed by atoms with van der Waals surface area (Å²) in [5.41, 5.74) is 1.79. The lowest BCUT2D eigenvalue weighted by Gasteiger charge is -1.41. The highest BCUT2D eigenvalue weighted by Gasteiger charge is 1.59. The second-order valence-corrected chi connectivity index (χ2v) is 1.43. The van der Waals surface area contributed by atoms with Gasteiger partial charge in [0, 0.05) is 11.6 Å². The van der Waals surface area contributed by atoms with Crippen LogP contribution in [0.3, 0.4) is 0 Å². The van der Waals surface area contributed by atoms with E-state index in [9.17, 15) is 0 Å². The van der Waals surface area contributed by atoms with Gasteiger partial charge in [0.15, 0.2) is 0 Å². The van der Waals surface area contributed by atoms with Gasteiger partial charge < -0.3 is 21.9 Å². The van der Waals surface area contributed by atoms with Gasteiger partial charge in [0.25, 0.3) is 0 Å². The van der Waals surface area contributed by atoms with E-state index in [2.05, 4.69) is 4.98 Å². The largest absolute Gasteiger partial charge is 0.412 e. The van der Waals surface area contributed by atoms with E-state index in [1.54, 1.807) is 23.0 Å². The molecule has 6 heteroatoms. The van der Waals surface area contributed by atoms with Crippen LogP contribution in [-0.4, -0.2) is 26.9 Å². The number of aromatic nitrogens is 1. The summed E-state index contributed by atoms with van der Waals surface area (Å²) in [6.45, 7) is 0. The fourth-order valence-electron chi connectivity index (χ4n) is 0.176. The zero-order valence-corrected chi connectivity index (χ0v) is 5.40. The van der Waals surface area contributed by atoms with Crippen LogP contribution in [0.4, 0.5) is 0 Å². The van der Waals surface area contributed by atoms with Crippen molar-refractivity contribution in [2.75, 3.05) is 0 Å². The van der Waals surface area contributed by atoms with Crippen molar-refractivity contribution in [2.45, 2.75) is 0 Å². The Labute approximate surface area is 56.2 Å². The first-order valence-corrected chi connectivity index (χ1v) is 2.26. The molecule has 0 bridgehead atoms. The van der Waals surface area contributed by atoms with Crippen molar-refractivity contribution in [2.24, 2.45) is 0 Å². The lowest BCUT2D eigenvalue weighted by molar-refractivity contribution is 0.823. The average Bonchev–Trinajstić information content (AvgIpc) is 1.76. The van der Waals surface area contributed by atoms with Gasteiger partial charge in [-0.15, -0.1) is 11.3 Å². The number of nitrogens with zero attached hydrogens (tertiary/aromatic N) is 1. The third-order valence-electron chi connectivity index (χ3n) is 0.347. The summed E-state index contributed by atoms with van der Waals surface area (Å²) in [4.78, 5) is 3.74. The highest BCUT2D eigenvalue weighted by atomic mass is 32.1. The third kappa shape index (κ3) is 11.2. The molecule has 0 aliphatic heterocycles. The Morgan fingerprint density at radius 3 is 1.67 bits per heavy atom. The maximum Gasteiger partial charge on any atom is 0.0791 e. The van der Waals surface area contributed by atoms with Gasteiger partial charge in [0.2, 0.25) is 0 Å². The summed E-state index contributed by atoms with van der Waals surface area (Å²) in [7, 11) is 0. The second kappa shape index (κ2) is 15.6. The molecule has 5 nitrogen and oxygen atoms in total. The first-order valence-electron chi connectivity index (χ1n) is 1.32. The van der Waals surface area contributed by atoms with Crippen LogP contribution in [0.5, 0.6) is 0 Å². The van der Waals surface area contributed by atoms with E-state index in [1.165, 1.54) is 0 Å². The molecule has 1 rings (SSSR count). The summed E-state index contributed by atoms with van der Waals surface area (Å²) in [6.07, 6.45) is 1.77. The Bertz CT molecular complexity index is 72.3. The van der Waals surface area contributed by atoms with Crippen LogP contribution in [0.25, 0.3) is 0 Å². The van der Waals surface area contributed by atoms with E-state index in [1.807, 2.05) is 5.38 Å². The molecule has 0 atom stereocenters. The minimum atomic E-state index is 0. The molecule has 0 aliphatic rings. The van der Waals surface area contributed by atoms with Crippen LogP contribution in [-0.2, 0) is 0 Å².